The molecule has 1 N–H and O–H groups in total. The fraction of sp³-hybridized carbons (Fsp3) is 0.235. The average molecular weight is 516 g/mol. The van der Waals surface area contributed by atoms with Gasteiger partial charge in [-0.25, -0.2) is 0 Å². The molecular formula is C34H29NO2S. The van der Waals surface area contributed by atoms with Crippen molar-refractivity contribution in [3.8, 4) is 0 Å². The van der Waals surface area contributed by atoms with Crippen molar-refractivity contribution in [1.82, 2.24) is 5.32 Å². The van der Waals surface area contributed by atoms with Gasteiger partial charge in [-0.15, -0.1) is 0 Å². The van der Waals surface area contributed by atoms with Crippen LogP contribution in [0.2, 0.25) is 0 Å². The van der Waals surface area contributed by atoms with Crippen LogP contribution in [-0.4, -0.2) is 35.2 Å². The van der Waals surface area contributed by atoms with Crippen LogP contribution in [0.4, 0.5) is 0 Å². The van der Waals surface area contributed by atoms with Crippen molar-refractivity contribution >= 4 is 23.3 Å². The molecule has 7 rings (SSSR count). The van der Waals surface area contributed by atoms with E-state index in [-0.39, 0.29) is 23.5 Å². The Morgan fingerprint density at radius 3 is 1.74 bits per heavy atom. The number of Topliss-reactive ketones (excluding diaryl/α,β-unsaturated/α-hetero) is 2. The van der Waals surface area contributed by atoms with Crippen LogP contribution >= 0.6 is 11.8 Å². The maximum Gasteiger partial charge on any atom is 0.192 e. The molecule has 0 bridgehead atoms. The van der Waals surface area contributed by atoms with E-state index in [0.717, 1.165) is 17.7 Å². The quantitative estimate of drug-likeness (QED) is 0.311. The number of benzene rings is 4. The summed E-state index contributed by atoms with van der Waals surface area (Å²) in [6, 6.07) is 38.8. The normalized spacial score (nSPS) is 28.3. The van der Waals surface area contributed by atoms with Gasteiger partial charge < -0.3 is 0 Å². The number of nitrogens with one attached hydrogen (secondary N) is 1. The van der Waals surface area contributed by atoms with E-state index in [0.29, 0.717) is 11.1 Å². The molecule has 4 aromatic rings. The van der Waals surface area contributed by atoms with Crippen LogP contribution in [-0.2, 0) is 10.8 Å². The van der Waals surface area contributed by atoms with Gasteiger partial charge in [-0.05, 0) is 35.1 Å². The molecule has 0 amide bonds. The summed E-state index contributed by atoms with van der Waals surface area (Å²) in [5.74, 6) is 0.709. The Kier molecular flexibility index (Phi) is 5.30. The molecule has 4 aromatic carbocycles. The van der Waals surface area contributed by atoms with Gasteiger partial charge in [0.2, 0.25) is 0 Å². The first-order valence-electron chi connectivity index (χ1n) is 13.3. The van der Waals surface area contributed by atoms with Crippen LogP contribution in [0, 0.1) is 0 Å². The van der Waals surface area contributed by atoms with E-state index in [1.807, 2.05) is 54.6 Å². The molecule has 4 heteroatoms. The Labute approximate surface area is 227 Å². The topological polar surface area (TPSA) is 46.2 Å². The molecule has 3 aliphatic rings. The number of hydrogen-bond acceptors (Lipinski definition) is 4. The molecular weight excluding hydrogens is 486 g/mol. The smallest absolute Gasteiger partial charge is 0.192 e. The Hall–Kier alpha value is -3.47. The third-order valence-electron chi connectivity index (χ3n) is 9.31. The van der Waals surface area contributed by atoms with E-state index in [9.17, 15) is 9.59 Å². The number of ketones is 2. The number of fused-ring (bicyclic) bond motifs is 3. The monoisotopic (exact) mass is 515 g/mol. The summed E-state index contributed by atoms with van der Waals surface area (Å²) in [5, 5.41) is 3.81. The predicted octanol–water partition coefficient (Wildman–Crippen LogP) is 6.20. The van der Waals surface area contributed by atoms with Crippen molar-refractivity contribution in [2.24, 2.45) is 0 Å². The fourth-order valence-electron chi connectivity index (χ4n) is 8.19. The summed E-state index contributed by atoms with van der Waals surface area (Å²) >= 11 is 1.80. The summed E-state index contributed by atoms with van der Waals surface area (Å²) in [6.45, 7) is 0. The van der Waals surface area contributed by atoms with E-state index in [1.54, 1.807) is 11.8 Å². The summed E-state index contributed by atoms with van der Waals surface area (Å²) in [4.78, 5) is 29.5. The lowest BCUT2D eigenvalue weighted by atomic mass is 9.68. The van der Waals surface area contributed by atoms with E-state index in [2.05, 4.69) is 72.2 Å². The Morgan fingerprint density at radius 2 is 1.18 bits per heavy atom. The molecule has 4 atom stereocenters. The van der Waals surface area contributed by atoms with Gasteiger partial charge in [-0.2, -0.15) is 11.8 Å². The van der Waals surface area contributed by atoms with Crippen molar-refractivity contribution in [3.63, 3.8) is 0 Å². The van der Waals surface area contributed by atoms with Crippen LogP contribution in [0.1, 0.15) is 49.7 Å². The van der Waals surface area contributed by atoms with Gasteiger partial charge in [0.25, 0.3) is 0 Å². The molecule has 0 unspecified atom stereocenters. The highest BCUT2D eigenvalue weighted by molar-refractivity contribution is 7.98. The molecule has 2 aliphatic carbocycles. The lowest BCUT2D eigenvalue weighted by Crippen LogP contribution is -2.61. The molecule has 1 spiro atoms. The van der Waals surface area contributed by atoms with Crippen molar-refractivity contribution < 1.29 is 9.59 Å². The lowest BCUT2D eigenvalue weighted by Gasteiger charge is -2.35. The maximum atomic E-state index is 14.7. The molecule has 1 saturated carbocycles. The Morgan fingerprint density at radius 1 is 0.684 bits per heavy atom. The van der Waals surface area contributed by atoms with Crippen molar-refractivity contribution in [1.29, 1.82) is 0 Å². The summed E-state index contributed by atoms with van der Waals surface area (Å²) < 4.78 is 0. The van der Waals surface area contributed by atoms with Crippen molar-refractivity contribution in [2.75, 3.05) is 12.0 Å². The fourth-order valence-corrected chi connectivity index (χ4v) is 8.66. The predicted molar refractivity (Wildman–Crippen MR) is 153 cm³/mol. The number of carbonyl (C=O) groups excluding carboxylic acids is 2. The first kappa shape index (κ1) is 23.6. The second kappa shape index (κ2) is 8.52. The van der Waals surface area contributed by atoms with Gasteiger partial charge in [0.05, 0.1) is 0 Å². The SMILES string of the molecule is CSCC[C@H]1NC2(C(=O)c3ccccc3C2=O)[C@@]2(c3ccccc3)[C@H](c3ccccc3)[C@@]12c1ccccc1. The highest BCUT2D eigenvalue weighted by Crippen LogP contribution is 2.84. The van der Waals surface area contributed by atoms with Crippen LogP contribution < -0.4 is 5.32 Å². The molecule has 2 fully saturated rings. The Bertz CT molecular complexity index is 1500. The first-order valence-corrected chi connectivity index (χ1v) is 14.7. The third kappa shape index (κ3) is 2.65. The molecule has 1 saturated heterocycles. The minimum absolute atomic E-state index is 0.0451. The first-order chi connectivity index (χ1) is 18.7. The van der Waals surface area contributed by atoms with Crippen molar-refractivity contribution in [2.45, 2.75) is 34.7 Å². The van der Waals surface area contributed by atoms with Gasteiger partial charge in [0, 0.05) is 33.9 Å². The van der Waals surface area contributed by atoms with Gasteiger partial charge >= 0.3 is 0 Å². The molecule has 38 heavy (non-hydrogen) atoms. The highest BCUT2D eigenvalue weighted by atomic mass is 32.2. The van der Waals surface area contributed by atoms with Crippen LogP contribution in [0.5, 0.6) is 0 Å². The molecule has 0 radical (unpaired) electrons. The van der Waals surface area contributed by atoms with Crippen LogP contribution in [0.3, 0.4) is 0 Å². The maximum absolute atomic E-state index is 14.7. The number of thioether (sulfide) groups is 1. The zero-order valence-electron chi connectivity index (χ0n) is 21.3. The van der Waals surface area contributed by atoms with E-state index in [1.165, 1.54) is 11.1 Å². The summed E-state index contributed by atoms with van der Waals surface area (Å²) in [7, 11) is 0. The Balaban J connectivity index is 1.61. The van der Waals surface area contributed by atoms with E-state index >= 15 is 0 Å². The zero-order valence-corrected chi connectivity index (χ0v) is 22.1. The molecule has 188 valence electrons. The molecule has 0 aromatic heterocycles. The second-order valence-electron chi connectivity index (χ2n) is 10.7. The minimum atomic E-state index is -1.38. The number of carbonyl (C=O) groups is 2. The zero-order chi connectivity index (χ0) is 26.0. The van der Waals surface area contributed by atoms with Gasteiger partial charge in [0.15, 0.2) is 17.1 Å². The van der Waals surface area contributed by atoms with Crippen LogP contribution in [0.15, 0.2) is 115 Å². The number of rotatable bonds is 6. The third-order valence-corrected chi connectivity index (χ3v) is 9.96. The standard InChI is InChI=1S/C34H29NO2S/c1-38-22-21-28-32(24-15-7-3-8-16-24)29(23-13-5-2-6-14-23)33(32,25-17-9-4-10-18-25)34(35-28)30(36)26-19-11-12-20-27(26)31(34)37/h2-20,28-29,35H,21-22H2,1H3/t28-,29-,32-,33+/m1/s1. The van der Waals surface area contributed by atoms with Gasteiger partial charge in [-0.1, -0.05) is 115 Å². The minimum Gasteiger partial charge on any atom is -0.294 e. The highest BCUT2D eigenvalue weighted by Gasteiger charge is 2.94. The number of hydrogen-bond donors (Lipinski definition) is 1. The molecule has 1 aliphatic heterocycles. The van der Waals surface area contributed by atoms with Crippen molar-refractivity contribution in [3.05, 3.63) is 143 Å². The largest absolute Gasteiger partial charge is 0.294 e. The van der Waals surface area contributed by atoms with E-state index < -0.39 is 16.4 Å². The number of piperidine rings is 1. The second-order valence-corrected chi connectivity index (χ2v) is 11.7. The van der Waals surface area contributed by atoms with Gasteiger partial charge in [-0.3, -0.25) is 14.9 Å². The van der Waals surface area contributed by atoms with Gasteiger partial charge in [0.1, 0.15) is 0 Å². The van der Waals surface area contributed by atoms with E-state index in [4.69, 9.17) is 0 Å². The molecule has 3 nitrogen and oxygen atoms in total. The van der Waals surface area contributed by atoms with Crippen LogP contribution in [0.25, 0.3) is 0 Å². The molecule has 1 heterocycles. The summed E-state index contributed by atoms with van der Waals surface area (Å²) in [6.07, 6.45) is 2.97. The summed E-state index contributed by atoms with van der Waals surface area (Å²) in [5.41, 5.74) is 1.85. The lowest BCUT2D eigenvalue weighted by molar-refractivity contribution is 0.0720. The average Bonchev–Trinajstić information content (AvgIpc) is 3.48.